The van der Waals surface area contributed by atoms with Gasteiger partial charge in [0.2, 0.25) is 6.79 Å². The first-order valence-electron chi connectivity index (χ1n) is 6.75. The quantitative estimate of drug-likeness (QED) is 0.873. The average Bonchev–Trinajstić information content (AvgIpc) is 2.86. The van der Waals surface area contributed by atoms with Gasteiger partial charge in [-0.1, -0.05) is 15.9 Å². The smallest absolute Gasteiger partial charge is 0.231 e. The first kappa shape index (κ1) is 14.1. The Balaban J connectivity index is 1.58. The largest absolute Gasteiger partial charge is 0.454 e. The fourth-order valence-corrected chi connectivity index (χ4v) is 2.92. The topological polar surface area (TPSA) is 60.0 Å². The molecule has 0 saturated carbocycles. The van der Waals surface area contributed by atoms with Crippen LogP contribution in [0.1, 0.15) is 18.4 Å². The molecule has 0 aromatic heterocycles. The second kappa shape index (κ2) is 5.89. The van der Waals surface area contributed by atoms with Gasteiger partial charge in [-0.2, -0.15) is 0 Å². The van der Waals surface area contributed by atoms with E-state index < -0.39 is 5.60 Å². The van der Waals surface area contributed by atoms with Crippen LogP contribution in [0.4, 0.5) is 0 Å². The van der Waals surface area contributed by atoms with E-state index in [1.165, 1.54) is 0 Å². The van der Waals surface area contributed by atoms with Crippen LogP contribution in [0, 0.1) is 0 Å². The van der Waals surface area contributed by atoms with Crippen LogP contribution in [-0.4, -0.2) is 37.3 Å². The number of rotatable bonds is 4. The van der Waals surface area contributed by atoms with Gasteiger partial charge in [0.05, 0.1) is 5.60 Å². The fraction of sp³-hybridized carbons (Fsp3) is 0.571. The number of nitrogens with one attached hydrogen (secondary N) is 1. The van der Waals surface area contributed by atoms with Crippen molar-refractivity contribution in [1.82, 2.24) is 5.32 Å². The van der Waals surface area contributed by atoms with Crippen molar-refractivity contribution >= 4 is 15.9 Å². The zero-order valence-electron chi connectivity index (χ0n) is 11.2. The Hall–Kier alpha value is -0.820. The summed E-state index contributed by atoms with van der Waals surface area (Å²) in [7, 11) is 0. The molecule has 0 amide bonds. The van der Waals surface area contributed by atoms with Gasteiger partial charge in [0, 0.05) is 43.6 Å². The molecule has 2 aliphatic heterocycles. The van der Waals surface area contributed by atoms with Gasteiger partial charge in [-0.25, -0.2) is 0 Å². The van der Waals surface area contributed by atoms with E-state index in [0.29, 0.717) is 39.1 Å². The van der Waals surface area contributed by atoms with E-state index in [0.717, 1.165) is 21.5 Å². The molecule has 1 fully saturated rings. The summed E-state index contributed by atoms with van der Waals surface area (Å²) in [6.45, 7) is 2.77. The summed E-state index contributed by atoms with van der Waals surface area (Å²) in [5, 5.41) is 13.7. The van der Waals surface area contributed by atoms with Crippen molar-refractivity contribution in [3.63, 3.8) is 0 Å². The molecule has 1 aromatic carbocycles. The Morgan fingerprint density at radius 3 is 2.65 bits per heavy atom. The fourth-order valence-electron chi connectivity index (χ4n) is 2.45. The minimum Gasteiger partial charge on any atom is -0.454 e. The summed E-state index contributed by atoms with van der Waals surface area (Å²) in [6, 6.07) is 3.88. The van der Waals surface area contributed by atoms with Gasteiger partial charge in [0.15, 0.2) is 11.5 Å². The summed E-state index contributed by atoms with van der Waals surface area (Å²) in [5.41, 5.74) is 0.436. The van der Waals surface area contributed by atoms with Crippen molar-refractivity contribution in [3.8, 4) is 11.5 Å². The number of hydrogen-bond donors (Lipinski definition) is 2. The van der Waals surface area contributed by atoms with Gasteiger partial charge in [-0.3, -0.25) is 0 Å². The van der Waals surface area contributed by atoms with Crippen molar-refractivity contribution < 1.29 is 19.3 Å². The molecule has 20 heavy (non-hydrogen) atoms. The molecule has 0 bridgehead atoms. The normalized spacial score (nSPS) is 20.1. The highest BCUT2D eigenvalue weighted by Crippen LogP contribution is 2.36. The van der Waals surface area contributed by atoms with Gasteiger partial charge in [-0.05, 0) is 17.7 Å². The Bertz CT molecular complexity index is 488. The molecule has 1 aromatic rings. The minimum atomic E-state index is -0.652. The zero-order chi connectivity index (χ0) is 14.0. The van der Waals surface area contributed by atoms with Gasteiger partial charge in [-0.15, -0.1) is 0 Å². The van der Waals surface area contributed by atoms with Gasteiger partial charge in [0.25, 0.3) is 0 Å². The lowest BCUT2D eigenvalue weighted by Crippen LogP contribution is -2.44. The first-order valence-corrected chi connectivity index (χ1v) is 7.54. The molecule has 5 nitrogen and oxygen atoms in total. The molecule has 2 heterocycles. The average molecular weight is 344 g/mol. The molecule has 0 spiro atoms. The summed E-state index contributed by atoms with van der Waals surface area (Å²) in [6.07, 6.45) is 1.37. The lowest BCUT2D eigenvalue weighted by molar-refractivity contribution is -0.0617. The molecule has 6 heteroatoms. The maximum Gasteiger partial charge on any atom is 0.231 e. The van der Waals surface area contributed by atoms with Crippen LogP contribution in [-0.2, 0) is 11.3 Å². The number of hydrogen-bond acceptors (Lipinski definition) is 5. The third kappa shape index (κ3) is 3.09. The maximum atomic E-state index is 10.4. The number of fused-ring (bicyclic) bond motifs is 1. The lowest BCUT2D eigenvalue weighted by Gasteiger charge is -2.32. The van der Waals surface area contributed by atoms with Crippen LogP contribution in [0.15, 0.2) is 16.6 Å². The maximum absolute atomic E-state index is 10.4. The summed E-state index contributed by atoms with van der Waals surface area (Å²) >= 11 is 3.53. The molecule has 2 aliphatic rings. The predicted molar refractivity (Wildman–Crippen MR) is 77.0 cm³/mol. The van der Waals surface area contributed by atoms with Crippen molar-refractivity contribution in [3.05, 3.63) is 22.2 Å². The molecule has 110 valence electrons. The van der Waals surface area contributed by atoms with Gasteiger partial charge < -0.3 is 24.6 Å². The Morgan fingerprint density at radius 2 is 1.90 bits per heavy atom. The van der Waals surface area contributed by atoms with Gasteiger partial charge >= 0.3 is 0 Å². The van der Waals surface area contributed by atoms with E-state index in [-0.39, 0.29) is 6.79 Å². The SMILES string of the molecule is OC1(CNCc2cc3c(cc2Br)OCO3)CCOCC1. The summed E-state index contributed by atoms with van der Waals surface area (Å²) in [4.78, 5) is 0. The third-order valence-corrected chi connectivity index (χ3v) is 4.47. The summed E-state index contributed by atoms with van der Waals surface area (Å²) in [5.74, 6) is 1.54. The highest BCUT2D eigenvalue weighted by molar-refractivity contribution is 9.10. The molecule has 0 atom stereocenters. The molecular weight excluding hydrogens is 326 g/mol. The number of aliphatic hydroxyl groups is 1. The second-order valence-electron chi connectivity index (χ2n) is 5.24. The van der Waals surface area contributed by atoms with E-state index in [2.05, 4.69) is 21.2 Å². The number of benzene rings is 1. The number of ether oxygens (including phenoxy) is 3. The van der Waals surface area contributed by atoms with Crippen LogP contribution in [0.2, 0.25) is 0 Å². The molecule has 0 radical (unpaired) electrons. The van der Waals surface area contributed by atoms with E-state index in [1.807, 2.05) is 12.1 Å². The Labute approximate surface area is 126 Å². The third-order valence-electron chi connectivity index (χ3n) is 3.73. The van der Waals surface area contributed by atoms with Crippen LogP contribution < -0.4 is 14.8 Å². The molecular formula is C14H18BrNO4. The highest BCUT2D eigenvalue weighted by atomic mass is 79.9. The van der Waals surface area contributed by atoms with Crippen molar-refractivity contribution in [1.29, 1.82) is 0 Å². The molecule has 3 rings (SSSR count). The number of halogens is 1. The van der Waals surface area contributed by atoms with E-state index in [1.54, 1.807) is 0 Å². The molecule has 2 N–H and O–H groups in total. The molecule has 1 saturated heterocycles. The van der Waals surface area contributed by atoms with E-state index in [9.17, 15) is 5.11 Å². The lowest BCUT2D eigenvalue weighted by atomic mass is 9.94. The van der Waals surface area contributed by atoms with Crippen LogP contribution >= 0.6 is 15.9 Å². The monoisotopic (exact) mass is 343 g/mol. The van der Waals surface area contributed by atoms with Crippen molar-refractivity contribution in [2.75, 3.05) is 26.6 Å². The molecule has 0 unspecified atom stereocenters. The Kier molecular flexibility index (Phi) is 4.16. The summed E-state index contributed by atoms with van der Waals surface area (Å²) < 4.78 is 17.0. The minimum absolute atomic E-state index is 0.276. The van der Waals surface area contributed by atoms with E-state index in [4.69, 9.17) is 14.2 Å². The van der Waals surface area contributed by atoms with Crippen LogP contribution in [0.3, 0.4) is 0 Å². The second-order valence-corrected chi connectivity index (χ2v) is 6.09. The first-order chi connectivity index (χ1) is 9.66. The molecule has 0 aliphatic carbocycles. The zero-order valence-corrected chi connectivity index (χ0v) is 12.7. The highest BCUT2D eigenvalue weighted by Gasteiger charge is 2.29. The van der Waals surface area contributed by atoms with Crippen molar-refractivity contribution in [2.45, 2.75) is 25.0 Å². The Morgan fingerprint density at radius 1 is 1.20 bits per heavy atom. The van der Waals surface area contributed by atoms with Crippen LogP contribution in [0.5, 0.6) is 11.5 Å². The predicted octanol–water partition coefficient (Wildman–Crippen LogP) is 1.81. The van der Waals surface area contributed by atoms with E-state index >= 15 is 0 Å². The van der Waals surface area contributed by atoms with Gasteiger partial charge in [0.1, 0.15) is 0 Å². The standard InChI is InChI=1S/C14H18BrNO4/c15-11-6-13-12(19-9-20-13)5-10(11)7-16-8-14(17)1-3-18-4-2-14/h5-6,16-17H,1-4,7-9H2. The van der Waals surface area contributed by atoms with Crippen LogP contribution in [0.25, 0.3) is 0 Å². The van der Waals surface area contributed by atoms with Crippen molar-refractivity contribution in [2.24, 2.45) is 0 Å².